The van der Waals surface area contributed by atoms with E-state index in [1.54, 1.807) is 19.1 Å². The number of nitrogens with one attached hydrogen (secondary N) is 1. The number of carbonyl (C=O) groups is 1. The second-order valence-electron chi connectivity index (χ2n) is 5.20. The van der Waals surface area contributed by atoms with Gasteiger partial charge in [-0.2, -0.15) is 0 Å². The molecule has 1 N–H and O–H groups in total. The lowest BCUT2D eigenvalue weighted by Gasteiger charge is -2.28. The molecule has 0 saturated carbocycles. The monoisotopic (exact) mass is 304 g/mol. The van der Waals surface area contributed by atoms with Crippen LogP contribution in [0.1, 0.15) is 24.9 Å². The van der Waals surface area contributed by atoms with Crippen molar-refractivity contribution in [3.63, 3.8) is 0 Å². The number of nitrogens with zero attached hydrogens (tertiary/aromatic N) is 1. The normalized spacial score (nSPS) is 16.5. The molecule has 0 radical (unpaired) electrons. The van der Waals surface area contributed by atoms with E-state index in [1.165, 1.54) is 12.1 Å². The minimum absolute atomic E-state index is 0.170. The largest absolute Gasteiger partial charge is 0.379 e. The van der Waals surface area contributed by atoms with Crippen molar-refractivity contribution in [1.82, 2.24) is 10.2 Å². The smallest absolute Gasteiger partial charge is 0.296 e. The molecule has 1 aromatic carbocycles. The van der Waals surface area contributed by atoms with Crippen molar-refractivity contribution < 1.29 is 13.9 Å². The first kappa shape index (κ1) is 16.5. The summed E-state index contributed by atoms with van der Waals surface area (Å²) in [6.45, 7) is 5.77. The lowest BCUT2D eigenvalue weighted by molar-refractivity contribution is -0.116. The molecule has 1 fully saturated rings. The summed E-state index contributed by atoms with van der Waals surface area (Å²) >= 11 is 0. The van der Waals surface area contributed by atoms with Crippen LogP contribution in [-0.4, -0.2) is 43.7 Å². The molecule has 0 aromatic heterocycles. The summed E-state index contributed by atoms with van der Waals surface area (Å²) < 4.78 is 18.4. The van der Waals surface area contributed by atoms with Gasteiger partial charge in [0, 0.05) is 19.6 Å². The van der Waals surface area contributed by atoms with Gasteiger partial charge in [0.25, 0.3) is 5.91 Å². The van der Waals surface area contributed by atoms with Gasteiger partial charge in [-0.15, -0.1) is 0 Å². The van der Waals surface area contributed by atoms with Crippen molar-refractivity contribution in [1.29, 1.82) is 0 Å². The van der Waals surface area contributed by atoms with Gasteiger partial charge in [0.05, 0.1) is 19.3 Å². The van der Waals surface area contributed by atoms with Crippen LogP contribution in [0.15, 0.2) is 24.3 Å². The molecule has 1 saturated heterocycles. The standard InChI is InChI=1S/C17H21FN2O2/c1-2-3-17(21)19-16(14-4-6-15(18)7-5-14)8-9-20-10-12-22-13-11-20/h4-7,16H,8-13H2,1H3,(H,19,21). The summed E-state index contributed by atoms with van der Waals surface area (Å²) in [5, 5.41) is 2.90. The second-order valence-corrected chi connectivity index (χ2v) is 5.20. The van der Waals surface area contributed by atoms with Crippen molar-refractivity contribution in [2.75, 3.05) is 32.8 Å². The molecule has 0 aliphatic carbocycles. The molecular formula is C17H21FN2O2. The molecule has 1 unspecified atom stereocenters. The summed E-state index contributed by atoms with van der Waals surface area (Å²) in [6.07, 6.45) is 0.753. The number of hydrogen-bond acceptors (Lipinski definition) is 3. The van der Waals surface area contributed by atoms with E-state index in [0.29, 0.717) is 0 Å². The highest BCUT2D eigenvalue weighted by Crippen LogP contribution is 2.18. The quantitative estimate of drug-likeness (QED) is 0.842. The Balaban J connectivity index is 2.01. The van der Waals surface area contributed by atoms with E-state index in [-0.39, 0.29) is 17.8 Å². The number of halogens is 1. The highest BCUT2D eigenvalue weighted by molar-refractivity contribution is 5.93. The van der Waals surface area contributed by atoms with Crippen LogP contribution in [0.5, 0.6) is 0 Å². The average Bonchev–Trinajstić information content (AvgIpc) is 2.53. The van der Waals surface area contributed by atoms with Crippen molar-refractivity contribution in [3.8, 4) is 11.8 Å². The van der Waals surface area contributed by atoms with Gasteiger partial charge in [-0.1, -0.05) is 18.1 Å². The molecule has 2 rings (SSSR count). The minimum Gasteiger partial charge on any atom is -0.379 e. The highest BCUT2D eigenvalue weighted by atomic mass is 19.1. The Morgan fingerprint density at radius 1 is 1.36 bits per heavy atom. The first-order chi connectivity index (χ1) is 10.7. The summed E-state index contributed by atoms with van der Waals surface area (Å²) in [7, 11) is 0. The van der Waals surface area contributed by atoms with Crippen LogP contribution in [0, 0.1) is 17.7 Å². The Morgan fingerprint density at radius 2 is 2.05 bits per heavy atom. The SMILES string of the molecule is CC#CC(=O)NC(CCN1CCOCC1)c1ccc(F)cc1. The molecule has 1 heterocycles. The Morgan fingerprint density at radius 3 is 2.68 bits per heavy atom. The van der Waals surface area contributed by atoms with Crippen LogP contribution < -0.4 is 5.32 Å². The summed E-state index contributed by atoms with van der Waals surface area (Å²) in [5.41, 5.74) is 0.890. The maximum atomic E-state index is 13.1. The number of rotatable bonds is 5. The maximum Gasteiger partial charge on any atom is 0.296 e. The van der Waals surface area contributed by atoms with Gasteiger partial charge in [-0.05, 0) is 37.0 Å². The second kappa shape index (κ2) is 8.52. The fourth-order valence-corrected chi connectivity index (χ4v) is 2.46. The number of amides is 1. The molecule has 0 bridgehead atoms. The topological polar surface area (TPSA) is 41.6 Å². The number of morpholine rings is 1. The van der Waals surface area contributed by atoms with Crippen molar-refractivity contribution in [2.45, 2.75) is 19.4 Å². The van der Waals surface area contributed by atoms with Gasteiger partial charge in [0.15, 0.2) is 0 Å². The van der Waals surface area contributed by atoms with Gasteiger partial charge in [0.2, 0.25) is 0 Å². The van der Waals surface area contributed by atoms with E-state index in [4.69, 9.17) is 4.74 Å². The van der Waals surface area contributed by atoms with Crippen LogP contribution in [0.4, 0.5) is 4.39 Å². The van der Waals surface area contributed by atoms with Gasteiger partial charge < -0.3 is 10.1 Å². The minimum atomic E-state index is -0.307. The first-order valence-corrected chi connectivity index (χ1v) is 7.48. The molecule has 1 aromatic rings. The summed E-state index contributed by atoms with van der Waals surface area (Å²) in [5.74, 6) is 4.49. The van der Waals surface area contributed by atoms with E-state index in [2.05, 4.69) is 22.1 Å². The Labute approximate surface area is 130 Å². The van der Waals surface area contributed by atoms with E-state index < -0.39 is 0 Å². The van der Waals surface area contributed by atoms with Gasteiger partial charge in [-0.25, -0.2) is 4.39 Å². The van der Waals surface area contributed by atoms with Crippen molar-refractivity contribution >= 4 is 5.91 Å². The van der Waals surface area contributed by atoms with Crippen LogP contribution in [-0.2, 0) is 9.53 Å². The summed E-state index contributed by atoms with van der Waals surface area (Å²) in [4.78, 5) is 14.1. The Bertz CT molecular complexity index is 542. The first-order valence-electron chi connectivity index (χ1n) is 7.48. The fraction of sp³-hybridized carbons (Fsp3) is 0.471. The molecule has 22 heavy (non-hydrogen) atoms. The van der Waals surface area contributed by atoms with E-state index >= 15 is 0 Å². The average molecular weight is 304 g/mol. The molecule has 4 nitrogen and oxygen atoms in total. The zero-order valence-corrected chi connectivity index (χ0v) is 12.8. The molecule has 118 valence electrons. The zero-order valence-electron chi connectivity index (χ0n) is 12.8. The van der Waals surface area contributed by atoms with Crippen LogP contribution >= 0.6 is 0 Å². The Kier molecular flexibility index (Phi) is 6.38. The lowest BCUT2D eigenvalue weighted by atomic mass is 10.0. The Hall–Kier alpha value is -1.90. The molecular weight excluding hydrogens is 283 g/mol. The van der Waals surface area contributed by atoms with Gasteiger partial charge in [0.1, 0.15) is 5.82 Å². The number of hydrogen-bond donors (Lipinski definition) is 1. The molecule has 1 aliphatic heterocycles. The van der Waals surface area contributed by atoms with Crippen LogP contribution in [0.25, 0.3) is 0 Å². The third-order valence-corrected chi connectivity index (χ3v) is 3.65. The molecule has 1 amide bonds. The fourth-order valence-electron chi connectivity index (χ4n) is 2.46. The van der Waals surface area contributed by atoms with E-state index in [0.717, 1.165) is 44.8 Å². The number of ether oxygens (including phenoxy) is 1. The zero-order chi connectivity index (χ0) is 15.8. The highest BCUT2D eigenvalue weighted by Gasteiger charge is 2.17. The van der Waals surface area contributed by atoms with Crippen molar-refractivity contribution in [2.24, 2.45) is 0 Å². The molecule has 1 atom stereocenters. The summed E-state index contributed by atoms with van der Waals surface area (Å²) in [6, 6.07) is 6.07. The lowest BCUT2D eigenvalue weighted by Crippen LogP contribution is -2.38. The van der Waals surface area contributed by atoms with E-state index in [1.807, 2.05) is 0 Å². The predicted molar refractivity (Wildman–Crippen MR) is 82.6 cm³/mol. The van der Waals surface area contributed by atoms with E-state index in [9.17, 15) is 9.18 Å². The molecule has 0 spiro atoms. The maximum absolute atomic E-state index is 13.1. The van der Waals surface area contributed by atoms with Gasteiger partial charge >= 0.3 is 0 Å². The van der Waals surface area contributed by atoms with Gasteiger partial charge in [-0.3, -0.25) is 9.69 Å². The predicted octanol–water partition coefficient (Wildman–Crippen LogP) is 1.73. The number of carbonyl (C=O) groups excluding carboxylic acids is 1. The number of benzene rings is 1. The third kappa shape index (κ3) is 5.14. The van der Waals surface area contributed by atoms with Crippen LogP contribution in [0.2, 0.25) is 0 Å². The van der Waals surface area contributed by atoms with Crippen molar-refractivity contribution in [3.05, 3.63) is 35.6 Å². The van der Waals surface area contributed by atoms with Crippen LogP contribution in [0.3, 0.4) is 0 Å². The molecule has 5 heteroatoms. The third-order valence-electron chi connectivity index (χ3n) is 3.65. The molecule has 1 aliphatic rings.